The van der Waals surface area contributed by atoms with Crippen molar-refractivity contribution < 1.29 is 4.79 Å². The number of hydrogen-bond donors (Lipinski definition) is 1. The van der Waals surface area contributed by atoms with E-state index in [0.717, 1.165) is 25.1 Å². The average Bonchev–Trinajstić information content (AvgIpc) is 2.36. The van der Waals surface area contributed by atoms with Crippen LogP contribution in [0, 0.1) is 6.92 Å². The first-order valence-corrected chi connectivity index (χ1v) is 7.71. The van der Waals surface area contributed by atoms with Crippen molar-refractivity contribution in [2.75, 3.05) is 27.2 Å². The molecular formula is C18H30N2O. The van der Waals surface area contributed by atoms with Crippen molar-refractivity contribution in [3.05, 3.63) is 34.9 Å². The Morgan fingerprint density at radius 3 is 2.48 bits per heavy atom. The molecule has 3 heteroatoms. The van der Waals surface area contributed by atoms with E-state index in [4.69, 9.17) is 0 Å². The average molecular weight is 290 g/mol. The summed E-state index contributed by atoms with van der Waals surface area (Å²) in [6, 6.07) is 6.46. The Balaban J connectivity index is 2.59. The minimum absolute atomic E-state index is 0.114. The molecule has 1 N–H and O–H groups in total. The van der Waals surface area contributed by atoms with Crippen LogP contribution >= 0.6 is 0 Å². The SMILES string of the molecule is Cc1ccc(C(C)(C)C)cc1CC(=O)NCCCN(C)C. The van der Waals surface area contributed by atoms with Crippen molar-refractivity contribution in [1.82, 2.24) is 10.2 Å². The lowest BCUT2D eigenvalue weighted by Crippen LogP contribution is -2.28. The number of nitrogens with zero attached hydrogens (tertiary/aromatic N) is 1. The second-order valence-electron chi connectivity index (χ2n) is 7.07. The predicted octanol–water partition coefficient (Wildman–Crippen LogP) is 2.90. The maximum atomic E-state index is 12.0. The van der Waals surface area contributed by atoms with Gasteiger partial charge in [-0.1, -0.05) is 39.0 Å². The molecule has 118 valence electrons. The Bertz CT molecular complexity index is 473. The molecule has 1 rings (SSSR count). The molecule has 0 aliphatic carbocycles. The van der Waals surface area contributed by atoms with Crippen molar-refractivity contribution >= 4 is 5.91 Å². The monoisotopic (exact) mass is 290 g/mol. The van der Waals surface area contributed by atoms with Gasteiger partial charge in [-0.25, -0.2) is 0 Å². The molecule has 0 saturated heterocycles. The van der Waals surface area contributed by atoms with Crippen molar-refractivity contribution in [2.45, 2.75) is 46.0 Å². The summed E-state index contributed by atoms with van der Waals surface area (Å²) in [7, 11) is 4.09. The molecule has 0 spiro atoms. The van der Waals surface area contributed by atoms with E-state index in [9.17, 15) is 4.79 Å². The summed E-state index contributed by atoms with van der Waals surface area (Å²) in [6.07, 6.45) is 1.46. The number of carbonyl (C=O) groups excluding carboxylic acids is 1. The lowest BCUT2D eigenvalue weighted by Gasteiger charge is -2.20. The van der Waals surface area contributed by atoms with Crippen LogP contribution in [0.4, 0.5) is 0 Å². The summed E-state index contributed by atoms with van der Waals surface area (Å²) < 4.78 is 0. The Labute approximate surface area is 129 Å². The van der Waals surface area contributed by atoms with Gasteiger partial charge in [0.2, 0.25) is 5.91 Å². The lowest BCUT2D eigenvalue weighted by atomic mass is 9.85. The van der Waals surface area contributed by atoms with E-state index in [1.165, 1.54) is 11.1 Å². The molecule has 3 nitrogen and oxygen atoms in total. The number of rotatable bonds is 6. The molecule has 0 atom stereocenters. The third-order valence-corrected chi connectivity index (χ3v) is 3.67. The van der Waals surface area contributed by atoms with Crippen LogP contribution in [-0.4, -0.2) is 38.0 Å². The summed E-state index contributed by atoms with van der Waals surface area (Å²) in [5, 5.41) is 3.01. The van der Waals surface area contributed by atoms with Crippen LogP contribution in [0.15, 0.2) is 18.2 Å². The molecule has 0 bridgehead atoms. The van der Waals surface area contributed by atoms with Gasteiger partial charge < -0.3 is 10.2 Å². The Morgan fingerprint density at radius 2 is 1.90 bits per heavy atom. The first kappa shape index (κ1) is 17.7. The van der Waals surface area contributed by atoms with Gasteiger partial charge in [-0.05, 0) is 56.1 Å². The molecule has 1 aromatic rings. The number of hydrogen-bond acceptors (Lipinski definition) is 2. The van der Waals surface area contributed by atoms with Gasteiger partial charge in [-0.2, -0.15) is 0 Å². The van der Waals surface area contributed by atoms with Crippen LogP contribution in [0.25, 0.3) is 0 Å². The fourth-order valence-electron chi connectivity index (χ4n) is 2.19. The molecule has 21 heavy (non-hydrogen) atoms. The summed E-state index contributed by atoms with van der Waals surface area (Å²) in [5.41, 5.74) is 3.72. The largest absolute Gasteiger partial charge is 0.356 e. The fourth-order valence-corrected chi connectivity index (χ4v) is 2.19. The van der Waals surface area contributed by atoms with Crippen molar-refractivity contribution in [3.63, 3.8) is 0 Å². The highest BCUT2D eigenvalue weighted by atomic mass is 16.1. The number of benzene rings is 1. The molecule has 0 unspecified atom stereocenters. The number of nitrogens with one attached hydrogen (secondary N) is 1. The maximum absolute atomic E-state index is 12.0. The third kappa shape index (κ3) is 6.30. The van der Waals surface area contributed by atoms with Crippen LogP contribution in [0.5, 0.6) is 0 Å². The van der Waals surface area contributed by atoms with Gasteiger partial charge in [0.15, 0.2) is 0 Å². The second-order valence-corrected chi connectivity index (χ2v) is 7.07. The zero-order chi connectivity index (χ0) is 16.0. The molecular weight excluding hydrogens is 260 g/mol. The number of amides is 1. The summed E-state index contributed by atoms with van der Waals surface area (Å²) >= 11 is 0. The Kier molecular flexibility index (Phi) is 6.41. The quantitative estimate of drug-likeness (QED) is 0.817. The van der Waals surface area contributed by atoms with Gasteiger partial charge in [0.25, 0.3) is 0 Å². The molecule has 0 saturated carbocycles. The highest BCUT2D eigenvalue weighted by molar-refractivity contribution is 5.79. The minimum Gasteiger partial charge on any atom is -0.356 e. The molecule has 0 aliphatic rings. The van der Waals surface area contributed by atoms with E-state index in [1.54, 1.807) is 0 Å². The van der Waals surface area contributed by atoms with Crippen molar-refractivity contribution in [2.24, 2.45) is 0 Å². The van der Waals surface area contributed by atoms with Gasteiger partial charge in [0.05, 0.1) is 6.42 Å². The molecule has 0 fully saturated rings. The number of aryl methyl sites for hydroxylation is 1. The highest BCUT2D eigenvalue weighted by Crippen LogP contribution is 2.24. The zero-order valence-electron chi connectivity index (χ0n) is 14.4. The summed E-state index contributed by atoms with van der Waals surface area (Å²) in [5.74, 6) is 0.114. The van der Waals surface area contributed by atoms with Gasteiger partial charge in [0.1, 0.15) is 0 Å². The predicted molar refractivity (Wildman–Crippen MR) is 89.8 cm³/mol. The zero-order valence-corrected chi connectivity index (χ0v) is 14.4. The van der Waals surface area contributed by atoms with Crippen LogP contribution in [0.1, 0.15) is 43.9 Å². The van der Waals surface area contributed by atoms with Gasteiger partial charge in [-0.15, -0.1) is 0 Å². The standard InChI is InChI=1S/C18H30N2O/c1-14-8-9-16(18(2,3)4)12-15(14)13-17(21)19-10-7-11-20(5)6/h8-9,12H,7,10-11,13H2,1-6H3,(H,19,21). The molecule has 0 aromatic heterocycles. The topological polar surface area (TPSA) is 32.3 Å². The van der Waals surface area contributed by atoms with Gasteiger partial charge in [0, 0.05) is 6.54 Å². The Morgan fingerprint density at radius 1 is 1.24 bits per heavy atom. The third-order valence-electron chi connectivity index (χ3n) is 3.67. The molecule has 0 heterocycles. The van der Waals surface area contributed by atoms with E-state index in [2.05, 4.69) is 56.1 Å². The van der Waals surface area contributed by atoms with E-state index < -0.39 is 0 Å². The Hall–Kier alpha value is -1.35. The minimum atomic E-state index is 0.114. The molecule has 0 radical (unpaired) electrons. The highest BCUT2D eigenvalue weighted by Gasteiger charge is 2.15. The summed E-state index contributed by atoms with van der Waals surface area (Å²) in [6.45, 7) is 10.4. The van der Waals surface area contributed by atoms with Crippen LogP contribution in [0.2, 0.25) is 0 Å². The van der Waals surface area contributed by atoms with Crippen molar-refractivity contribution in [3.8, 4) is 0 Å². The lowest BCUT2D eigenvalue weighted by molar-refractivity contribution is -0.120. The second kappa shape index (κ2) is 7.60. The van der Waals surface area contributed by atoms with E-state index in [1.807, 2.05) is 14.1 Å². The molecule has 1 aromatic carbocycles. The molecule has 0 aliphatic heterocycles. The van der Waals surface area contributed by atoms with E-state index in [0.29, 0.717) is 6.42 Å². The first-order valence-electron chi connectivity index (χ1n) is 7.71. The van der Waals surface area contributed by atoms with Crippen molar-refractivity contribution in [1.29, 1.82) is 0 Å². The van der Waals surface area contributed by atoms with Crippen LogP contribution in [0.3, 0.4) is 0 Å². The number of carbonyl (C=O) groups is 1. The normalized spacial score (nSPS) is 11.8. The van der Waals surface area contributed by atoms with E-state index in [-0.39, 0.29) is 11.3 Å². The summed E-state index contributed by atoms with van der Waals surface area (Å²) in [4.78, 5) is 14.2. The van der Waals surface area contributed by atoms with E-state index >= 15 is 0 Å². The smallest absolute Gasteiger partial charge is 0.224 e. The first-order chi connectivity index (χ1) is 9.70. The van der Waals surface area contributed by atoms with Crippen LogP contribution < -0.4 is 5.32 Å². The van der Waals surface area contributed by atoms with Crippen LogP contribution in [-0.2, 0) is 16.6 Å². The fraction of sp³-hybridized carbons (Fsp3) is 0.611. The van der Waals surface area contributed by atoms with Gasteiger partial charge in [-0.3, -0.25) is 4.79 Å². The van der Waals surface area contributed by atoms with Gasteiger partial charge >= 0.3 is 0 Å². The maximum Gasteiger partial charge on any atom is 0.224 e. The molecule has 1 amide bonds.